The Balaban J connectivity index is 2.10. The minimum Gasteiger partial charge on any atom is -0.506 e. The number of non-ortho nitro benzene ring substituents is 1. The highest BCUT2D eigenvalue weighted by Crippen LogP contribution is 2.27. The number of hydrogen-bond donors (Lipinski definition) is 3. The van der Waals surface area contributed by atoms with Gasteiger partial charge in [-0.15, -0.1) is 0 Å². The van der Waals surface area contributed by atoms with Crippen molar-refractivity contribution in [3.63, 3.8) is 0 Å². The minimum absolute atomic E-state index is 0.0105. The first kappa shape index (κ1) is 17.9. The monoisotopic (exact) mass is 385 g/mol. The molecule has 0 spiro atoms. The van der Waals surface area contributed by atoms with Crippen molar-refractivity contribution in [2.45, 2.75) is 0 Å². The molecule has 2 rings (SSSR count). The van der Waals surface area contributed by atoms with Crippen molar-refractivity contribution in [1.29, 1.82) is 0 Å². The lowest BCUT2D eigenvalue weighted by molar-refractivity contribution is -0.384. The molecule has 0 aliphatic rings. The number of thiocarbonyl (C=S) groups is 1. The molecule has 0 atom stereocenters. The SMILES string of the molecule is O=C(NC(=S)Nc1cc([N+](=O)[O-])ccc1O)c1ccc(Cl)c(Cl)c1. The number of nitrogens with zero attached hydrogens (tertiary/aromatic N) is 1. The Kier molecular flexibility index (Phi) is 5.55. The molecular weight excluding hydrogens is 377 g/mol. The van der Waals surface area contributed by atoms with Gasteiger partial charge in [-0.2, -0.15) is 0 Å². The lowest BCUT2D eigenvalue weighted by Gasteiger charge is -2.11. The maximum absolute atomic E-state index is 12.1. The molecule has 24 heavy (non-hydrogen) atoms. The van der Waals surface area contributed by atoms with Gasteiger partial charge in [0.25, 0.3) is 11.6 Å². The van der Waals surface area contributed by atoms with E-state index >= 15 is 0 Å². The Morgan fingerprint density at radius 2 is 1.88 bits per heavy atom. The molecular formula is C14H9Cl2N3O4S. The number of rotatable bonds is 3. The molecule has 0 aliphatic carbocycles. The summed E-state index contributed by atoms with van der Waals surface area (Å²) in [6.07, 6.45) is 0. The number of phenols is 1. The standard InChI is InChI=1S/C14H9Cl2N3O4S/c15-9-3-1-7(5-10(9)16)13(21)18-14(24)17-11-6-8(19(22)23)2-4-12(11)20/h1-6,20H,(H2,17,18,21,24). The number of aromatic hydroxyl groups is 1. The molecule has 2 aromatic rings. The first-order valence-electron chi connectivity index (χ1n) is 6.32. The second-order valence-electron chi connectivity index (χ2n) is 4.50. The molecule has 7 nitrogen and oxygen atoms in total. The van der Waals surface area contributed by atoms with Crippen LogP contribution in [-0.4, -0.2) is 21.0 Å². The Morgan fingerprint density at radius 1 is 1.17 bits per heavy atom. The number of anilines is 1. The summed E-state index contributed by atoms with van der Waals surface area (Å²) in [5.41, 5.74) is -0.0330. The zero-order valence-electron chi connectivity index (χ0n) is 11.7. The van der Waals surface area contributed by atoms with Crippen LogP contribution in [-0.2, 0) is 0 Å². The van der Waals surface area contributed by atoms with Crippen LogP contribution in [0.5, 0.6) is 5.75 Å². The number of nitro groups is 1. The van der Waals surface area contributed by atoms with Crippen LogP contribution in [0, 0.1) is 10.1 Å². The van der Waals surface area contributed by atoms with Gasteiger partial charge in [-0.05, 0) is 36.5 Å². The maximum atomic E-state index is 12.1. The summed E-state index contributed by atoms with van der Waals surface area (Å²) in [4.78, 5) is 22.2. The van der Waals surface area contributed by atoms with E-state index < -0.39 is 10.8 Å². The Morgan fingerprint density at radius 3 is 2.50 bits per heavy atom. The summed E-state index contributed by atoms with van der Waals surface area (Å²) in [5.74, 6) is -0.817. The lowest BCUT2D eigenvalue weighted by atomic mass is 10.2. The van der Waals surface area contributed by atoms with Crippen LogP contribution in [0.1, 0.15) is 10.4 Å². The van der Waals surface area contributed by atoms with Gasteiger partial charge < -0.3 is 10.4 Å². The molecule has 0 radical (unpaired) electrons. The zero-order chi connectivity index (χ0) is 17.9. The number of amides is 1. The van der Waals surface area contributed by atoms with Crippen molar-refractivity contribution < 1.29 is 14.8 Å². The van der Waals surface area contributed by atoms with Crippen LogP contribution in [0.25, 0.3) is 0 Å². The van der Waals surface area contributed by atoms with E-state index in [4.69, 9.17) is 35.4 Å². The number of hydrogen-bond acceptors (Lipinski definition) is 5. The summed E-state index contributed by atoms with van der Waals surface area (Å²) in [7, 11) is 0. The van der Waals surface area contributed by atoms with E-state index in [9.17, 15) is 20.0 Å². The Bertz CT molecular complexity index is 845. The molecule has 0 fully saturated rings. The van der Waals surface area contributed by atoms with Crippen LogP contribution in [0.4, 0.5) is 11.4 Å². The molecule has 2 aromatic carbocycles. The van der Waals surface area contributed by atoms with Crippen LogP contribution in [0.15, 0.2) is 36.4 Å². The van der Waals surface area contributed by atoms with E-state index in [0.29, 0.717) is 5.02 Å². The van der Waals surface area contributed by atoms with Gasteiger partial charge in [-0.1, -0.05) is 23.2 Å². The second-order valence-corrected chi connectivity index (χ2v) is 5.72. The van der Waals surface area contributed by atoms with Gasteiger partial charge in [0, 0.05) is 17.7 Å². The van der Waals surface area contributed by atoms with E-state index in [1.54, 1.807) is 0 Å². The molecule has 0 aromatic heterocycles. The van der Waals surface area contributed by atoms with E-state index in [2.05, 4.69) is 10.6 Å². The Hall–Kier alpha value is -2.42. The predicted molar refractivity (Wildman–Crippen MR) is 94.9 cm³/mol. The highest BCUT2D eigenvalue weighted by Gasteiger charge is 2.14. The molecule has 10 heteroatoms. The van der Waals surface area contributed by atoms with Crippen molar-refractivity contribution >= 4 is 57.8 Å². The number of nitrogens with one attached hydrogen (secondary N) is 2. The summed E-state index contributed by atoms with van der Waals surface area (Å²) < 4.78 is 0. The van der Waals surface area contributed by atoms with Gasteiger partial charge in [-0.25, -0.2) is 0 Å². The second kappa shape index (κ2) is 7.43. The number of benzene rings is 2. The van der Waals surface area contributed by atoms with Crippen LogP contribution in [0.2, 0.25) is 10.0 Å². The van der Waals surface area contributed by atoms with Crippen LogP contribution < -0.4 is 10.6 Å². The van der Waals surface area contributed by atoms with Crippen molar-refractivity contribution in [2.24, 2.45) is 0 Å². The normalized spacial score (nSPS) is 10.1. The summed E-state index contributed by atoms with van der Waals surface area (Å²) in [6, 6.07) is 7.65. The summed E-state index contributed by atoms with van der Waals surface area (Å²) in [6.45, 7) is 0. The average molecular weight is 386 g/mol. The molecule has 3 N–H and O–H groups in total. The minimum atomic E-state index is -0.623. The molecule has 124 valence electrons. The van der Waals surface area contributed by atoms with E-state index in [-0.39, 0.29) is 32.8 Å². The number of nitro benzene ring substituents is 1. The number of phenolic OH excluding ortho intramolecular Hbond substituents is 1. The lowest BCUT2D eigenvalue weighted by Crippen LogP contribution is -2.34. The van der Waals surface area contributed by atoms with E-state index in [0.717, 1.165) is 18.2 Å². The van der Waals surface area contributed by atoms with Gasteiger partial charge in [-0.3, -0.25) is 20.2 Å². The highest BCUT2D eigenvalue weighted by molar-refractivity contribution is 7.80. The van der Waals surface area contributed by atoms with Crippen LogP contribution in [0.3, 0.4) is 0 Å². The molecule has 0 aliphatic heterocycles. The first-order chi connectivity index (χ1) is 11.3. The largest absolute Gasteiger partial charge is 0.506 e. The molecule has 0 saturated carbocycles. The molecule has 1 amide bonds. The molecule has 0 heterocycles. The number of carbonyl (C=O) groups is 1. The van der Waals surface area contributed by atoms with Crippen molar-refractivity contribution in [2.75, 3.05) is 5.32 Å². The third-order valence-electron chi connectivity index (χ3n) is 2.85. The van der Waals surface area contributed by atoms with Gasteiger partial charge in [0.2, 0.25) is 0 Å². The van der Waals surface area contributed by atoms with Crippen molar-refractivity contribution in [1.82, 2.24) is 5.32 Å². The van der Waals surface area contributed by atoms with Crippen molar-refractivity contribution in [3.05, 3.63) is 62.1 Å². The average Bonchev–Trinajstić information content (AvgIpc) is 2.51. The first-order valence-corrected chi connectivity index (χ1v) is 7.49. The predicted octanol–water partition coefficient (Wildman–Crippen LogP) is 3.73. The fourth-order valence-electron chi connectivity index (χ4n) is 1.70. The summed E-state index contributed by atoms with van der Waals surface area (Å²) >= 11 is 16.6. The number of halogens is 2. The van der Waals surface area contributed by atoms with E-state index in [1.165, 1.54) is 18.2 Å². The fourth-order valence-corrected chi connectivity index (χ4v) is 2.20. The molecule has 0 bridgehead atoms. The topological polar surface area (TPSA) is 104 Å². The van der Waals surface area contributed by atoms with Gasteiger partial charge >= 0.3 is 0 Å². The maximum Gasteiger partial charge on any atom is 0.271 e. The fraction of sp³-hybridized carbons (Fsp3) is 0. The quantitative estimate of drug-likeness (QED) is 0.321. The molecule has 0 unspecified atom stereocenters. The van der Waals surface area contributed by atoms with Gasteiger partial charge in [0.15, 0.2) is 5.11 Å². The van der Waals surface area contributed by atoms with Crippen LogP contribution >= 0.6 is 35.4 Å². The highest BCUT2D eigenvalue weighted by atomic mass is 35.5. The van der Waals surface area contributed by atoms with Gasteiger partial charge in [0.05, 0.1) is 20.7 Å². The smallest absolute Gasteiger partial charge is 0.271 e. The third-order valence-corrected chi connectivity index (χ3v) is 3.79. The third kappa shape index (κ3) is 4.31. The van der Waals surface area contributed by atoms with E-state index in [1.807, 2.05) is 0 Å². The molecule has 0 saturated heterocycles. The van der Waals surface area contributed by atoms with Crippen molar-refractivity contribution in [3.8, 4) is 5.75 Å². The summed E-state index contributed by atoms with van der Waals surface area (Å²) in [5, 5.41) is 25.7. The van der Waals surface area contributed by atoms with Gasteiger partial charge in [0.1, 0.15) is 5.75 Å². The Labute approximate surface area is 151 Å². The number of carbonyl (C=O) groups excluding carboxylic acids is 1. The zero-order valence-corrected chi connectivity index (χ0v) is 14.1.